The Morgan fingerprint density at radius 1 is 1.33 bits per heavy atom. The summed E-state index contributed by atoms with van der Waals surface area (Å²) in [7, 11) is 0. The van der Waals surface area contributed by atoms with Crippen molar-refractivity contribution in [1.29, 1.82) is 0 Å². The molecule has 1 fully saturated rings. The number of esters is 1. The number of halogens is 2. The van der Waals surface area contributed by atoms with Crippen molar-refractivity contribution in [2.75, 3.05) is 6.61 Å². The number of ether oxygens (including phenoxy) is 2. The van der Waals surface area contributed by atoms with Crippen LogP contribution < -0.4 is 0 Å². The fourth-order valence-corrected chi connectivity index (χ4v) is 4.65. The van der Waals surface area contributed by atoms with Gasteiger partial charge in [-0.25, -0.2) is 0 Å². The molecule has 4 rings (SSSR count). The maximum atomic E-state index is 11.9. The van der Waals surface area contributed by atoms with Gasteiger partial charge in [-0.05, 0) is 37.0 Å². The van der Waals surface area contributed by atoms with E-state index in [1.54, 1.807) is 6.07 Å². The van der Waals surface area contributed by atoms with E-state index in [4.69, 9.17) is 32.7 Å². The van der Waals surface area contributed by atoms with E-state index in [0.29, 0.717) is 23.1 Å². The van der Waals surface area contributed by atoms with Crippen molar-refractivity contribution in [2.24, 2.45) is 5.92 Å². The highest BCUT2D eigenvalue weighted by molar-refractivity contribution is 6.45. The normalized spacial score (nSPS) is 24.3. The minimum atomic E-state index is -1.04. The van der Waals surface area contributed by atoms with E-state index < -0.39 is 5.79 Å². The molecule has 2 heterocycles. The van der Waals surface area contributed by atoms with E-state index in [0.717, 1.165) is 47.8 Å². The van der Waals surface area contributed by atoms with Gasteiger partial charge in [0.25, 0.3) is 5.79 Å². The van der Waals surface area contributed by atoms with Gasteiger partial charge in [0, 0.05) is 23.7 Å². The summed E-state index contributed by atoms with van der Waals surface area (Å²) in [5.41, 5.74) is 2.78. The van der Waals surface area contributed by atoms with Crippen LogP contribution in [0.3, 0.4) is 0 Å². The highest BCUT2D eigenvalue weighted by Crippen LogP contribution is 2.49. The molecule has 1 aromatic heterocycles. The Bertz CT molecular complexity index is 810. The molecule has 2 aliphatic rings. The molecule has 1 N–H and O–H groups in total. The summed E-state index contributed by atoms with van der Waals surface area (Å²) in [6.07, 6.45) is 4.93. The fraction of sp³-hybridized carbons (Fsp3) is 0.500. The van der Waals surface area contributed by atoms with Crippen LogP contribution in [0.4, 0.5) is 0 Å². The standard InChI is InChI=1S/C18H19Cl2NO3/c1-10(22)24-18(11-4-2-3-5-11)17-12(8-9-23-18)15-14(21-17)7-6-13(19)16(15)20/h6-7,11,21H,2-5,8-9H2,1H3. The number of rotatable bonds is 2. The zero-order chi connectivity index (χ0) is 16.9. The van der Waals surface area contributed by atoms with Crippen LogP contribution in [0.25, 0.3) is 10.9 Å². The number of H-pyrrole nitrogens is 1. The molecule has 0 radical (unpaired) electrons. The molecule has 4 nitrogen and oxygen atoms in total. The lowest BCUT2D eigenvalue weighted by atomic mass is 9.88. The number of aromatic nitrogens is 1. The van der Waals surface area contributed by atoms with Crippen LogP contribution in [-0.2, 0) is 26.5 Å². The van der Waals surface area contributed by atoms with E-state index in [9.17, 15) is 4.79 Å². The third-order valence-corrected chi connectivity index (χ3v) is 5.97. The maximum Gasteiger partial charge on any atom is 0.305 e. The second-order valence-corrected chi connectivity index (χ2v) is 7.39. The molecule has 1 aliphatic heterocycles. The molecule has 1 saturated carbocycles. The van der Waals surface area contributed by atoms with Gasteiger partial charge in [0.05, 0.1) is 22.3 Å². The van der Waals surface area contributed by atoms with Gasteiger partial charge in [0.15, 0.2) is 0 Å². The Kier molecular flexibility index (Phi) is 4.02. The number of hydrogen-bond acceptors (Lipinski definition) is 3. The average molecular weight is 368 g/mol. The van der Waals surface area contributed by atoms with Crippen molar-refractivity contribution >= 4 is 40.1 Å². The first kappa shape index (κ1) is 16.2. The van der Waals surface area contributed by atoms with Gasteiger partial charge in [-0.1, -0.05) is 36.0 Å². The van der Waals surface area contributed by atoms with Crippen LogP contribution in [0.1, 0.15) is 43.9 Å². The largest absolute Gasteiger partial charge is 0.427 e. The van der Waals surface area contributed by atoms with E-state index in [1.165, 1.54) is 6.92 Å². The molecule has 2 aromatic rings. The van der Waals surface area contributed by atoms with E-state index in [-0.39, 0.29) is 11.9 Å². The van der Waals surface area contributed by atoms with Crippen molar-refractivity contribution in [3.8, 4) is 0 Å². The molecule has 1 atom stereocenters. The van der Waals surface area contributed by atoms with Crippen molar-refractivity contribution < 1.29 is 14.3 Å². The number of aromatic amines is 1. The number of benzene rings is 1. The summed E-state index contributed by atoms with van der Waals surface area (Å²) >= 11 is 12.7. The topological polar surface area (TPSA) is 51.3 Å². The number of carbonyl (C=O) groups excluding carboxylic acids is 1. The Labute approximate surface area is 150 Å². The number of fused-ring (bicyclic) bond motifs is 3. The molecule has 0 amide bonds. The van der Waals surface area contributed by atoms with Crippen molar-refractivity contribution in [3.63, 3.8) is 0 Å². The first-order valence-corrected chi connectivity index (χ1v) is 9.11. The Morgan fingerprint density at radius 3 is 2.79 bits per heavy atom. The van der Waals surface area contributed by atoms with Crippen LogP contribution in [0.2, 0.25) is 10.0 Å². The van der Waals surface area contributed by atoms with Gasteiger partial charge in [-0.15, -0.1) is 0 Å². The lowest BCUT2D eigenvalue weighted by Crippen LogP contribution is -2.45. The predicted molar refractivity (Wildman–Crippen MR) is 93.4 cm³/mol. The third-order valence-electron chi connectivity index (χ3n) is 5.16. The van der Waals surface area contributed by atoms with Gasteiger partial charge in [0.2, 0.25) is 0 Å². The first-order valence-electron chi connectivity index (χ1n) is 8.35. The van der Waals surface area contributed by atoms with Crippen LogP contribution >= 0.6 is 23.2 Å². The molecular weight excluding hydrogens is 349 g/mol. The minimum Gasteiger partial charge on any atom is -0.427 e. The second-order valence-electron chi connectivity index (χ2n) is 6.60. The Hall–Kier alpha value is -1.23. The molecule has 24 heavy (non-hydrogen) atoms. The summed E-state index contributed by atoms with van der Waals surface area (Å²) in [6, 6.07) is 3.69. The molecule has 0 saturated heterocycles. The van der Waals surface area contributed by atoms with Gasteiger partial charge in [-0.2, -0.15) is 0 Å². The highest BCUT2D eigenvalue weighted by atomic mass is 35.5. The van der Waals surface area contributed by atoms with Gasteiger partial charge in [0.1, 0.15) is 0 Å². The molecule has 6 heteroatoms. The van der Waals surface area contributed by atoms with E-state index in [1.807, 2.05) is 6.07 Å². The molecule has 0 bridgehead atoms. The van der Waals surface area contributed by atoms with Crippen molar-refractivity contribution in [2.45, 2.75) is 44.8 Å². The lowest BCUT2D eigenvalue weighted by molar-refractivity contribution is -0.269. The summed E-state index contributed by atoms with van der Waals surface area (Å²) in [5, 5.41) is 1.98. The van der Waals surface area contributed by atoms with E-state index >= 15 is 0 Å². The molecule has 128 valence electrons. The van der Waals surface area contributed by atoms with Gasteiger partial charge >= 0.3 is 5.97 Å². The van der Waals surface area contributed by atoms with Crippen LogP contribution in [0.5, 0.6) is 0 Å². The summed E-state index contributed by atoms with van der Waals surface area (Å²) < 4.78 is 12.0. The molecule has 0 spiro atoms. The minimum absolute atomic E-state index is 0.155. The first-order chi connectivity index (χ1) is 11.5. The second kappa shape index (κ2) is 5.94. The summed E-state index contributed by atoms with van der Waals surface area (Å²) in [6.45, 7) is 1.92. The summed E-state index contributed by atoms with van der Waals surface area (Å²) in [4.78, 5) is 15.3. The Balaban J connectivity index is 1.96. The number of nitrogens with one attached hydrogen (secondary N) is 1. The Morgan fingerprint density at radius 2 is 2.08 bits per heavy atom. The SMILES string of the molecule is CC(=O)OC1(C2CCCC2)OCCc2c1[nH]c1ccc(Cl)c(Cl)c21. The highest BCUT2D eigenvalue weighted by Gasteiger charge is 2.50. The maximum absolute atomic E-state index is 11.9. The van der Waals surface area contributed by atoms with Crippen molar-refractivity contribution in [1.82, 2.24) is 4.98 Å². The third kappa shape index (κ3) is 2.35. The van der Waals surface area contributed by atoms with E-state index in [2.05, 4.69) is 4.98 Å². The quantitative estimate of drug-likeness (QED) is 0.763. The smallest absolute Gasteiger partial charge is 0.305 e. The predicted octanol–water partition coefficient (Wildman–Crippen LogP) is 4.95. The average Bonchev–Trinajstić information content (AvgIpc) is 3.19. The molecular formula is C18H19Cl2NO3. The molecule has 1 aliphatic carbocycles. The number of carbonyl (C=O) groups is 1. The van der Waals surface area contributed by atoms with Crippen LogP contribution in [0.15, 0.2) is 12.1 Å². The van der Waals surface area contributed by atoms with Gasteiger partial charge < -0.3 is 14.5 Å². The lowest BCUT2D eigenvalue weighted by Gasteiger charge is -2.40. The summed E-state index contributed by atoms with van der Waals surface area (Å²) in [5.74, 6) is -1.22. The van der Waals surface area contributed by atoms with Gasteiger partial charge in [-0.3, -0.25) is 4.79 Å². The van der Waals surface area contributed by atoms with Crippen molar-refractivity contribution in [3.05, 3.63) is 33.4 Å². The zero-order valence-electron chi connectivity index (χ0n) is 13.5. The zero-order valence-corrected chi connectivity index (χ0v) is 15.0. The van der Waals surface area contributed by atoms with Crippen LogP contribution in [-0.4, -0.2) is 17.6 Å². The molecule has 1 unspecified atom stereocenters. The number of hydrogen-bond donors (Lipinski definition) is 1. The molecule has 1 aromatic carbocycles. The monoisotopic (exact) mass is 367 g/mol. The van der Waals surface area contributed by atoms with Crippen LogP contribution in [0, 0.1) is 5.92 Å². The fourth-order valence-electron chi connectivity index (χ4n) is 4.21.